The highest BCUT2D eigenvalue weighted by molar-refractivity contribution is 4.88. The van der Waals surface area contributed by atoms with Gasteiger partial charge in [-0.1, -0.05) is 19.8 Å². The fraction of sp³-hybridized carbons (Fsp3) is 1.00. The Morgan fingerprint density at radius 3 is 3.00 bits per heavy atom. The highest BCUT2D eigenvalue weighted by Gasteiger charge is 2.31. The minimum atomic E-state index is 0.322. The van der Waals surface area contributed by atoms with Crippen molar-refractivity contribution in [2.24, 2.45) is 0 Å². The second-order valence-electron chi connectivity index (χ2n) is 3.01. The van der Waals surface area contributed by atoms with Gasteiger partial charge in [0.05, 0.1) is 6.61 Å². The lowest BCUT2D eigenvalue weighted by molar-refractivity contribution is 0.263. The molecule has 2 atom stereocenters. The number of β-amino-alcohol motifs (C(OH)–C–C–N with tert-alkyl or cyclic N) is 1. The number of nitrogens with zero attached hydrogens (tertiary/aromatic N) is 1. The molecule has 0 aromatic rings. The van der Waals surface area contributed by atoms with E-state index in [4.69, 9.17) is 5.11 Å². The number of hydrogen-bond donors (Lipinski definition) is 1. The van der Waals surface area contributed by atoms with Crippen LogP contribution in [0.2, 0.25) is 0 Å². The molecular weight excluding hydrogens is 126 g/mol. The topological polar surface area (TPSA) is 23.2 Å². The number of hydrogen-bond acceptors (Lipinski definition) is 2. The highest BCUT2D eigenvalue weighted by Crippen LogP contribution is 2.21. The van der Waals surface area contributed by atoms with Crippen molar-refractivity contribution in [3.05, 3.63) is 0 Å². The van der Waals surface area contributed by atoms with Crippen molar-refractivity contribution in [1.29, 1.82) is 0 Å². The first-order valence-electron chi connectivity index (χ1n) is 4.23. The minimum absolute atomic E-state index is 0.322. The van der Waals surface area contributed by atoms with Crippen molar-refractivity contribution < 1.29 is 5.11 Å². The lowest BCUT2D eigenvalue weighted by Gasteiger charge is -1.98. The Hall–Kier alpha value is -0.0800. The van der Waals surface area contributed by atoms with Crippen molar-refractivity contribution in [3.63, 3.8) is 0 Å². The molecule has 1 aliphatic heterocycles. The van der Waals surface area contributed by atoms with Gasteiger partial charge in [0.25, 0.3) is 0 Å². The summed E-state index contributed by atoms with van der Waals surface area (Å²) in [7, 11) is 0. The second kappa shape index (κ2) is 3.94. The van der Waals surface area contributed by atoms with Crippen molar-refractivity contribution >= 4 is 0 Å². The summed E-state index contributed by atoms with van der Waals surface area (Å²) in [6, 6.07) is 0.812. The van der Waals surface area contributed by atoms with Crippen LogP contribution in [0.1, 0.15) is 26.2 Å². The zero-order chi connectivity index (χ0) is 7.40. The summed E-state index contributed by atoms with van der Waals surface area (Å²) in [4.78, 5) is 2.33. The number of aliphatic hydroxyl groups is 1. The van der Waals surface area contributed by atoms with E-state index in [0.29, 0.717) is 6.61 Å². The van der Waals surface area contributed by atoms with Gasteiger partial charge in [0.15, 0.2) is 0 Å². The SMILES string of the molecule is CCCCC1CN1CCO. The van der Waals surface area contributed by atoms with Crippen LogP contribution < -0.4 is 0 Å². The van der Waals surface area contributed by atoms with Gasteiger partial charge in [0.2, 0.25) is 0 Å². The number of unbranched alkanes of at least 4 members (excludes halogenated alkanes) is 1. The summed E-state index contributed by atoms with van der Waals surface area (Å²) < 4.78 is 0. The first kappa shape index (κ1) is 8.02. The molecule has 10 heavy (non-hydrogen) atoms. The Morgan fingerprint density at radius 2 is 2.40 bits per heavy atom. The Kier molecular flexibility index (Phi) is 3.16. The monoisotopic (exact) mass is 143 g/mol. The fourth-order valence-corrected chi connectivity index (χ4v) is 1.34. The molecule has 0 radical (unpaired) electrons. The van der Waals surface area contributed by atoms with Crippen molar-refractivity contribution in [2.45, 2.75) is 32.2 Å². The maximum absolute atomic E-state index is 8.58. The zero-order valence-corrected chi connectivity index (χ0v) is 6.71. The van der Waals surface area contributed by atoms with Gasteiger partial charge >= 0.3 is 0 Å². The Labute approximate surface area is 62.8 Å². The summed E-state index contributed by atoms with van der Waals surface area (Å²) >= 11 is 0. The van der Waals surface area contributed by atoms with Gasteiger partial charge in [-0.15, -0.1) is 0 Å². The third-order valence-corrected chi connectivity index (χ3v) is 2.11. The van der Waals surface area contributed by atoms with Gasteiger partial charge in [0.1, 0.15) is 0 Å². The van der Waals surface area contributed by atoms with Gasteiger partial charge in [0, 0.05) is 19.1 Å². The van der Waals surface area contributed by atoms with Crippen LogP contribution in [-0.2, 0) is 0 Å². The molecule has 1 fully saturated rings. The van der Waals surface area contributed by atoms with Crippen LogP contribution in [0.25, 0.3) is 0 Å². The average molecular weight is 143 g/mol. The summed E-state index contributed by atoms with van der Waals surface area (Å²) in [6.07, 6.45) is 3.96. The maximum atomic E-state index is 8.58. The van der Waals surface area contributed by atoms with Crippen LogP contribution in [0.4, 0.5) is 0 Å². The average Bonchev–Trinajstić information content (AvgIpc) is 2.65. The predicted octanol–water partition coefficient (Wildman–Crippen LogP) is 0.853. The van der Waals surface area contributed by atoms with Crippen LogP contribution in [0.15, 0.2) is 0 Å². The number of rotatable bonds is 5. The molecule has 2 unspecified atom stereocenters. The summed E-state index contributed by atoms with van der Waals surface area (Å²) in [6.45, 7) is 4.65. The molecule has 1 saturated heterocycles. The third-order valence-electron chi connectivity index (χ3n) is 2.11. The Bertz CT molecular complexity index is 95.3. The second-order valence-corrected chi connectivity index (χ2v) is 3.01. The molecule has 60 valence electrons. The van der Waals surface area contributed by atoms with Gasteiger partial charge in [-0.05, 0) is 6.42 Å². The molecule has 0 saturated carbocycles. The summed E-state index contributed by atoms with van der Waals surface area (Å²) in [5.41, 5.74) is 0. The van der Waals surface area contributed by atoms with E-state index < -0.39 is 0 Å². The van der Waals surface area contributed by atoms with Crippen molar-refractivity contribution in [3.8, 4) is 0 Å². The Morgan fingerprint density at radius 1 is 1.60 bits per heavy atom. The van der Waals surface area contributed by atoms with Gasteiger partial charge in [-0.3, -0.25) is 4.90 Å². The number of aliphatic hydroxyl groups excluding tert-OH is 1. The normalized spacial score (nSPS) is 30.6. The molecule has 0 aromatic heterocycles. The summed E-state index contributed by atoms with van der Waals surface area (Å²) in [5.74, 6) is 0. The van der Waals surface area contributed by atoms with E-state index in [9.17, 15) is 0 Å². The van der Waals surface area contributed by atoms with Gasteiger partial charge in [-0.25, -0.2) is 0 Å². The van der Waals surface area contributed by atoms with Crippen LogP contribution in [0.5, 0.6) is 0 Å². The van der Waals surface area contributed by atoms with E-state index in [-0.39, 0.29) is 0 Å². The third kappa shape index (κ3) is 2.27. The van der Waals surface area contributed by atoms with E-state index >= 15 is 0 Å². The molecular formula is C8H17NO. The highest BCUT2D eigenvalue weighted by atomic mass is 16.3. The Balaban J connectivity index is 1.92. The molecule has 1 N–H and O–H groups in total. The molecule has 1 heterocycles. The molecule has 1 rings (SSSR count). The molecule has 2 nitrogen and oxygen atoms in total. The van der Waals surface area contributed by atoms with Gasteiger partial charge in [-0.2, -0.15) is 0 Å². The fourth-order valence-electron chi connectivity index (χ4n) is 1.34. The molecule has 0 bridgehead atoms. The minimum Gasteiger partial charge on any atom is -0.395 e. The van der Waals surface area contributed by atoms with Crippen molar-refractivity contribution in [2.75, 3.05) is 19.7 Å². The molecule has 0 aliphatic carbocycles. The van der Waals surface area contributed by atoms with Crippen LogP contribution in [0.3, 0.4) is 0 Å². The quantitative estimate of drug-likeness (QED) is 0.577. The van der Waals surface area contributed by atoms with Gasteiger partial charge < -0.3 is 5.11 Å². The first-order valence-corrected chi connectivity index (χ1v) is 4.23. The van der Waals surface area contributed by atoms with Crippen LogP contribution >= 0.6 is 0 Å². The largest absolute Gasteiger partial charge is 0.395 e. The molecule has 0 amide bonds. The molecule has 0 aromatic carbocycles. The van der Waals surface area contributed by atoms with E-state index in [0.717, 1.165) is 12.6 Å². The van der Waals surface area contributed by atoms with E-state index in [1.165, 1.54) is 25.8 Å². The lowest BCUT2D eigenvalue weighted by atomic mass is 10.2. The summed E-state index contributed by atoms with van der Waals surface area (Å²) in [5, 5.41) is 8.58. The van der Waals surface area contributed by atoms with Crippen LogP contribution in [-0.4, -0.2) is 35.7 Å². The smallest absolute Gasteiger partial charge is 0.0558 e. The first-order chi connectivity index (χ1) is 4.88. The van der Waals surface area contributed by atoms with E-state index in [1.807, 2.05) is 0 Å². The standard InChI is InChI=1S/C8H17NO/c1-2-3-4-8-7-9(8)5-6-10/h8,10H,2-7H2,1H3. The molecule has 2 heteroatoms. The zero-order valence-electron chi connectivity index (χ0n) is 6.71. The lowest BCUT2D eigenvalue weighted by Crippen LogP contribution is -2.07. The van der Waals surface area contributed by atoms with Crippen LogP contribution in [0, 0.1) is 0 Å². The molecule has 1 aliphatic rings. The maximum Gasteiger partial charge on any atom is 0.0558 e. The van der Waals surface area contributed by atoms with E-state index in [2.05, 4.69) is 11.8 Å². The van der Waals surface area contributed by atoms with E-state index in [1.54, 1.807) is 0 Å². The van der Waals surface area contributed by atoms with Crippen molar-refractivity contribution in [1.82, 2.24) is 4.90 Å². The molecule has 0 spiro atoms. The predicted molar refractivity (Wildman–Crippen MR) is 42.0 cm³/mol.